The Labute approximate surface area is 146 Å². The molecule has 0 radical (unpaired) electrons. The Bertz CT molecular complexity index is 635. The fourth-order valence-corrected chi connectivity index (χ4v) is 4.34. The molecule has 2 atom stereocenters. The zero-order valence-electron chi connectivity index (χ0n) is 14.2. The minimum atomic E-state index is -2.74. The van der Waals surface area contributed by atoms with Crippen LogP contribution in [0.4, 0.5) is 14.5 Å². The van der Waals surface area contributed by atoms with Gasteiger partial charge in [0, 0.05) is 44.8 Å². The number of amides is 1. The van der Waals surface area contributed by atoms with Crippen molar-refractivity contribution >= 4 is 11.6 Å². The average Bonchev–Trinajstić information content (AvgIpc) is 3.29. The van der Waals surface area contributed by atoms with Crippen LogP contribution >= 0.6 is 0 Å². The summed E-state index contributed by atoms with van der Waals surface area (Å²) in [6.45, 7) is 1.90. The number of para-hydroxylation sites is 1. The quantitative estimate of drug-likeness (QED) is 0.851. The first-order valence-electron chi connectivity index (χ1n) is 8.96. The number of likely N-dealkylation sites (tertiary alicyclic amines) is 1. The van der Waals surface area contributed by atoms with E-state index >= 15 is 0 Å². The molecule has 1 amide bonds. The monoisotopic (exact) mass is 350 g/mol. The predicted molar refractivity (Wildman–Crippen MR) is 91.4 cm³/mol. The maximum Gasteiger partial charge on any atom is 0.258 e. The number of alkyl halides is 2. The lowest BCUT2D eigenvalue weighted by atomic mass is 9.75. The molecule has 1 spiro atoms. The number of hydrogen-bond acceptors (Lipinski definition) is 4. The van der Waals surface area contributed by atoms with Crippen LogP contribution in [-0.4, -0.2) is 55.5 Å². The number of nitrogens with zero attached hydrogens (tertiary/aromatic N) is 2. The first-order valence-corrected chi connectivity index (χ1v) is 8.96. The van der Waals surface area contributed by atoms with Crippen molar-refractivity contribution in [3.63, 3.8) is 0 Å². The average molecular weight is 350 g/mol. The second-order valence-corrected chi connectivity index (χ2v) is 7.41. The number of benzene rings is 1. The molecule has 3 aliphatic heterocycles. The molecular formula is C18H24F2N4O. The van der Waals surface area contributed by atoms with E-state index in [4.69, 9.17) is 0 Å². The molecule has 3 fully saturated rings. The van der Waals surface area contributed by atoms with Crippen LogP contribution in [0.15, 0.2) is 30.3 Å². The molecule has 0 aliphatic carbocycles. The lowest BCUT2D eigenvalue weighted by molar-refractivity contribution is -0.169. The molecule has 2 N–H and O–H groups in total. The maximum atomic E-state index is 14.9. The van der Waals surface area contributed by atoms with E-state index in [1.165, 1.54) is 0 Å². The van der Waals surface area contributed by atoms with Gasteiger partial charge in [-0.25, -0.2) is 14.2 Å². The molecule has 1 aromatic rings. The third-order valence-corrected chi connectivity index (χ3v) is 5.88. The number of rotatable bonds is 2. The molecule has 0 bridgehead atoms. The van der Waals surface area contributed by atoms with Crippen LogP contribution in [0.5, 0.6) is 0 Å². The summed E-state index contributed by atoms with van der Waals surface area (Å²) in [6.07, 6.45) is 0.866. The Hall–Kier alpha value is -1.73. The lowest BCUT2D eigenvalue weighted by Crippen LogP contribution is -2.60. The number of anilines is 1. The summed E-state index contributed by atoms with van der Waals surface area (Å²) in [4.78, 5) is 16.3. The summed E-state index contributed by atoms with van der Waals surface area (Å²) in [6, 6.07) is 9.39. The topological polar surface area (TPSA) is 47.6 Å². The van der Waals surface area contributed by atoms with Gasteiger partial charge in [-0.15, -0.1) is 0 Å². The molecule has 5 nitrogen and oxygen atoms in total. The van der Waals surface area contributed by atoms with Crippen molar-refractivity contribution in [3.05, 3.63) is 30.3 Å². The van der Waals surface area contributed by atoms with E-state index in [9.17, 15) is 13.6 Å². The van der Waals surface area contributed by atoms with Crippen LogP contribution in [0.1, 0.15) is 19.3 Å². The van der Waals surface area contributed by atoms with Crippen molar-refractivity contribution in [2.24, 2.45) is 5.41 Å². The smallest absolute Gasteiger partial charge is 0.258 e. The summed E-state index contributed by atoms with van der Waals surface area (Å²) in [5.74, 6) is -2.80. The van der Waals surface area contributed by atoms with Crippen molar-refractivity contribution in [1.29, 1.82) is 0 Å². The zero-order valence-corrected chi connectivity index (χ0v) is 14.2. The third kappa shape index (κ3) is 2.89. The summed E-state index contributed by atoms with van der Waals surface area (Å²) in [5, 5.41) is 0. The van der Waals surface area contributed by atoms with Gasteiger partial charge in [0.05, 0.1) is 5.41 Å². The van der Waals surface area contributed by atoms with Gasteiger partial charge in [-0.2, -0.15) is 0 Å². The molecule has 0 saturated carbocycles. The second kappa shape index (κ2) is 6.21. The second-order valence-electron chi connectivity index (χ2n) is 7.41. The van der Waals surface area contributed by atoms with Crippen LogP contribution in [0.3, 0.4) is 0 Å². The van der Waals surface area contributed by atoms with Gasteiger partial charge in [0.25, 0.3) is 5.92 Å². The summed E-state index contributed by atoms with van der Waals surface area (Å²) >= 11 is 0. The predicted octanol–water partition coefficient (Wildman–Crippen LogP) is 1.62. The highest BCUT2D eigenvalue weighted by Crippen LogP contribution is 2.50. The molecule has 1 aromatic carbocycles. The molecule has 136 valence electrons. The number of carbonyl (C=O) groups is 1. The highest BCUT2D eigenvalue weighted by Gasteiger charge is 2.60. The summed E-state index contributed by atoms with van der Waals surface area (Å²) < 4.78 is 29.8. The van der Waals surface area contributed by atoms with E-state index in [1.807, 2.05) is 35.2 Å². The van der Waals surface area contributed by atoms with Crippen LogP contribution in [0, 0.1) is 5.41 Å². The first kappa shape index (κ1) is 16.7. The minimum absolute atomic E-state index is 0.0574. The molecule has 0 aromatic heterocycles. The molecule has 3 aliphatic rings. The molecule has 2 unspecified atom stereocenters. The van der Waals surface area contributed by atoms with Gasteiger partial charge >= 0.3 is 0 Å². The fraction of sp³-hybridized carbons (Fsp3) is 0.611. The van der Waals surface area contributed by atoms with Crippen molar-refractivity contribution in [2.75, 3.05) is 37.6 Å². The number of halogens is 2. The van der Waals surface area contributed by atoms with Gasteiger partial charge in [-0.05, 0) is 25.0 Å². The van der Waals surface area contributed by atoms with Gasteiger partial charge in [0.1, 0.15) is 6.04 Å². The van der Waals surface area contributed by atoms with Crippen molar-refractivity contribution in [3.8, 4) is 0 Å². The van der Waals surface area contributed by atoms with E-state index in [-0.39, 0.29) is 31.5 Å². The first-order chi connectivity index (χ1) is 12.0. The number of nitrogens with one attached hydrogen (secondary N) is 2. The standard InChI is InChI=1S/C18H24F2N4O/c19-18(20)8-11-24(16(25)15-6-9-21-22-15)13-17(18)7-10-23(12-17)14-4-2-1-3-5-14/h1-5,15,21-22H,6-13H2. The van der Waals surface area contributed by atoms with Crippen LogP contribution in [-0.2, 0) is 4.79 Å². The van der Waals surface area contributed by atoms with E-state index in [0.29, 0.717) is 25.9 Å². The van der Waals surface area contributed by atoms with Crippen LogP contribution < -0.4 is 15.8 Å². The van der Waals surface area contributed by atoms with E-state index in [1.54, 1.807) is 4.90 Å². The number of hydrogen-bond donors (Lipinski definition) is 2. The fourth-order valence-electron chi connectivity index (χ4n) is 4.34. The Kier molecular flexibility index (Phi) is 4.16. The molecule has 7 heteroatoms. The Morgan fingerprint density at radius 1 is 1.12 bits per heavy atom. The number of hydrazine groups is 1. The maximum absolute atomic E-state index is 14.9. The Morgan fingerprint density at radius 2 is 1.92 bits per heavy atom. The van der Waals surface area contributed by atoms with Gasteiger partial charge in [-0.1, -0.05) is 18.2 Å². The summed E-state index contributed by atoms with van der Waals surface area (Å²) in [5.41, 5.74) is 5.72. The summed E-state index contributed by atoms with van der Waals surface area (Å²) in [7, 11) is 0. The van der Waals surface area contributed by atoms with Crippen molar-refractivity contribution < 1.29 is 13.6 Å². The van der Waals surface area contributed by atoms with Crippen LogP contribution in [0.25, 0.3) is 0 Å². The molecular weight excluding hydrogens is 326 g/mol. The largest absolute Gasteiger partial charge is 0.371 e. The highest BCUT2D eigenvalue weighted by molar-refractivity contribution is 5.82. The van der Waals surface area contributed by atoms with Gasteiger partial charge in [-0.3, -0.25) is 10.2 Å². The SMILES string of the molecule is O=C(C1CCNN1)N1CCC(F)(F)C2(CCN(c3ccccc3)C2)C1. The molecule has 3 saturated heterocycles. The van der Waals surface area contributed by atoms with Crippen molar-refractivity contribution in [2.45, 2.75) is 31.2 Å². The van der Waals surface area contributed by atoms with Crippen LogP contribution in [0.2, 0.25) is 0 Å². The van der Waals surface area contributed by atoms with E-state index < -0.39 is 11.3 Å². The minimum Gasteiger partial charge on any atom is -0.371 e. The third-order valence-electron chi connectivity index (χ3n) is 5.88. The van der Waals surface area contributed by atoms with Gasteiger partial charge in [0.15, 0.2) is 0 Å². The van der Waals surface area contributed by atoms with E-state index in [0.717, 1.165) is 12.2 Å². The highest BCUT2D eigenvalue weighted by atomic mass is 19.3. The number of carbonyl (C=O) groups excluding carboxylic acids is 1. The lowest BCUT2D eigenvalue weighted by Gasteiger charge is -2.46. The van der Waals surface area contributed by atoms with Crippen molar-refractivity contribution in [1.82, 2.24) is 15.8 Å². The molecule has 3 heterocycles. The molecule has 25 heavy (non-hydrogen) atoms. The number of piperidine rings is 1. The van der Waals surface area contributed by atoms with Gasteiger partial charge < -0.3 is 9.80 Å². The van der Waals surface area contributed by atoms with E-state index in [2.05, 4.69) is 10.9 Å². The zero-order chi connectivity index (χ0) is 17.5. The normalized spacial score (nSPS) is 31.7. The Morgan fingerprint density at radius 3 is 2.64 bits per heavy atom. The molecule has 4 rings (SSSR count). The Balaban J connectivity index is 1.53. The van der Waals surface area contributed by atoms with Gasteiger partial charge in [0.2, 0.25) is 5.91 Å².